The molecule has 1 saturated heterocycles. The number of halogens is 4. The largest absolute Gasteiger partial charge is 0.418 e. The van der Waals surface area contributed by atoms with Gasteiger partial charge in [0.1, 0.15) is 0 Å². The Hall–Kier alpha value is -0.750. The molecule has 6 heteroatoms. The van der Waals surface area contributed by atoms with Crippen LogP contribution < -0.4 is 5.32 Å². The molecule has 1 aliphatic rings. The first-order valence-electron chi connectivity index (χ1n) is 6.12. The summed E-state index contributed by atoms with van der Waals surface area (Å²) in [5.74, 6) is 0. The van der Waals surface area contributed by atoms with E-state index < -0.39 is 11.7 Å². The first-order chi connectivity index (χ1) is 8.86. The highest BCUT2D eigenvalue weighted by Crippen LogP contribution is 2.36. The maximum atomic E-state index is 12.9. The maximum Gasteiger partial charge on any atom is 0.418 e. The van der Waals surface area contributed by atoms with E-state index in [1.165, 1.54) is 6.07 Å². The Morgan fingerprint density at radius 1 is 1.37 bits per heavy atom. The van der Waals surface area contributed by atoms with Crippen LogP contribution in [0.5, 0.6) is 0 Å². The van der Waals surface area contributed by atoms with Crippen molar-refractivity contribution in [1.82, 2.24) is 0 Å². The van der Waals surface area contributed by atoms with Gasteiger partial charge in [-0.25, -0.2) is 0 Å². The summed E-state index contributed by atoms with van der Waals surface area (Å²) >= 11 is 3.06. The van der Waals surface area contributed by atoms with E-state index in [1.54, 1.807) is 6.07 Å². The molecule has 0 radical (unpaired) electrons. The van der Waals surface area contributed by atoms with Crippen LogP contribution in [0.2, 0.25) is 0 Å². The molecule has 0 aliphatic carbocycles. The summed E-state index contributed by atoms with van der Waals surface area (Å²) in [5, 5.41) is 2.84. The number of nitrogens with one attached hydrogen (secondary N) is 1. The van der Waals surface area contributed by atoms with Crippen molar-refractivity contribution in [3.05, 3.63) is 28.2 Å². The van der Waals surface area contributed by atoms with Gasteiger partial charge in [-0.05, 0) is 38.0 Å². The van der Waals surface area contributed by atoms with Gasteiger partial charge in [0.2, 0.25) is 0 Å². The lowest BCUT2D eigenvalue weighted by Crippen LogP contribution is -2.21. The van der Waals surface area contributed by atoms with Gasteiger partial charge in [-0.2, -0.15) is 13.2 Å². The molecule has 0 amide bonds. The maximum absolute atomic E-state index is 12.9. The molecule has 19 heavy (non-hydrogen) atoms. The molecule has 1 aromatic rings. The SMILES string of the molecule is CC1CCC(CNc2ccc(Br)cc2C(F)(F)F)O1. The number of alkyl halides is 3. The second kappa shape index (κ2) is 5.71. The van der Waals surface area contributed by atoms with E-state index >= 15 is 0 Å². The number of rotatable bonds is 3. The van der Waals surface area contributed by atoms with Crippen molar-refractivity contribution in [2.45, 2.75) is 38.1 Å². The van der Waals surface area contributed by atoms with Gasteiger partial charge in [0.25, 0.3) is 0 Å². The van der Waals surface area contributed by atoms with E-state index in [9.17, 15) is 13.2 Å². The van der Waals surface area contributed by atoms with Gasteiger partial charge >= 0.3 is 6.18 Å². The molecule has 2 nitrogen and oxygen atoms in total. The third kappa shape index (κ3) is 3.86. The van der Waals surface area contributed by atoms with Crippen LogP contribution in [-0.4, -0.2) is 18.8 Å². The lowest BCUT2D eigenvalue weighted by atomic mass is 10.1. The van der Waals surface area contributed by atoms with Crippen LogP contribution in [-0.2, 0) is 10.9 Å². The molecule has 0 aromatic heterocycles. The molecular weight excluding hydrogens is 323 g/mol. The van der Waals surface area contributed by atoms with Gasteiger partial charge in [-0.3, -0.25) is 0 Å². The zero-order valence-corrected chi connectivity index (χ0v) is 12.0. The van der Waals surface area contributed by atoms with E-state index in [-0.39, 0.29) is 17.9 Å². The smallest absolute Gasteiger partial charge is 0.382 e. The highest BCUT2D eigenvalue weighted by atomic mass is 79.9. The average molecular weight is 338 g/mol. The predicted molar refractivity (Wildman–Crippen MR) is 71.2 cm³/mol. The van der Waals surface area contributed by atoms with Crippen LogP contribution in [0.4, 0.5) is 18.9 Å². The molecule has 0 bridgehead atoms. The fourth-order valence-corrected chi connectivity index (χ4v) is 2.53. The van der Waals surface area contributed by atoms with Gasteiger partial charge in [-0.15, -0.1) is 0 Å². The van der Waals surface area contributed by atoms with Crippen molar-refractivity contribution < 1.29 is 17.9 Å². The lowest BCUT2D eigenvalue weighted by Gasteiger charge is -2.17. The monoisotopic (exact) mass is 337 g/mol. The molecule has 1 aromatic carbocycles. The lowest BCUT2D eigenvalue weighted by molar-refractivity contribution is -0.137. The fraction of sp³-hybridized carbons (Fsp3) is 0.538. The Labute approximate surface area is 118 Å². The zero-order valence-electron chi connectivity index (χ0n) is 10.4. The average Bonchev–Trinajstić information content (AvgIpc) is 2.72. The highest BCUT2D eigenvalue weighted by molar-refractivity contribution is 9.10. The van der Waals surface area contributed by atoms with Crippen molar-refractivity contribution >= 4 is 21.6 Å². The minimum Gasteiger partial charge on any atom is -0.382 e. The molecule has 2 rings (SSSR count). The summed E-state index contributed by atoms with van der Waals surface area (Å²) < 4.78 is 44.7. The topological polar surface area (TPSA) is 21.3 Å². The minimum absolute atomic E-state index is 0.0141. The Bertz CT molecular complexity index is 450. The third-order valence-electron chi connectivity index (χ3n) is 3.13. The second-order valence-electron chi connectivity index (χ2n) is 4.71. The Kier molecular flexibility index (Phi) is 4.40. The molecule has 0 saturated carbocycles. The standard InChI is InChI=1S/C13H15BrF3NO/c1-8-2-4-10(19-8)7-18-12-5-3-9(14)6-11(12)13(15,16)17/h3,5-6,8,10,18H,2,4,7H2,1H3. The summed E-state index contributed by atoms with van der Waals surface area (Å²) in [6, 6.07) is 4.11. The fourth-order valence-electron chi connectivity index (χ4n) is 2.16. The molecular formula is C13H15BrF3NO. The summed E-state index contributed by atoms with van der Waals surface area (Å²) in [6.45, 7) is 2.37. The molecule has 1 fully saturated rings. The van der Waals surface area contributed by atoms with E-state index in [0.29, 0.717) is 11.0 Å². The molecule has 2 unspecified atom stereocenters. The molecule has 2 atom stereocenters. The quantitative estimate of drug-likeness (QED) is 0.879. The van der Waals surface area contributed by atoms with Crippen LogP contribution in [0.3, 0.4) is 0 Å². The zero-order chi connectivity index (χ0) is 14.0. The minimum atomic E-state index is -4.37. The number of hydrogen-bond acceptors (Lipinski definition) is 2. The van der Waals surface area contributed by atoms with E-state index in [1.807, 2.05) is 6.92 Å². The van der Waals surface area contributed by atoms with Crippen LogP contribution in [0, 0.1) is 0 Å². The van der Waals surface area contributed by atoms with E-state index in [0.717, 1.165) is 18.9 Å². The molecule has 1 N–H and O–H groups in total. The van der Waals surface area contributed by atoms with Crippen LogP contribution in [0.25, 0.3) is 0 Å². The van der Waals surface area contributed by atoms with Crippen molar-refractivity contribution in [2.75, 3.05) is 11.9 Å². The number of ether oxygens (including phenoxy) is 1. The second-order valence-corrected chi connectivity index (χ2v) is 5.63. The first kappa shape index (κ1) is 14.7. The number of anilines is 1. The van der Waals surface area contributed by atoms with Crippen LogP contribution in [0.1, 0.15) is 25.3 Å². The van der Waals surface area contributed by atoms with Gasteiger partial charge in [0.05, 0.1) is 17.8 Å². The van der Waals surface area contributed by atoms with E-state index in [2.05, 4.69) is 21.2 Å². The summed E-state index contributed by atoms with van der Waals surface area (Å²) in [5.41, 5.74) is -0.563. The Morgan fingerprint density at radius 2 is 2.11 bits per heavy atom. The first-order valence-corrected chi connectivity index (χ1v) is 6.91. The molecule has 106 valence electrons. The summed E-state index contributed by atoms with van der Waals surface area (Å²) in [4.78, 5) is 0. The molecule has 1 heterocycles. The number of benzene rings is 1. The van der Waals surface area contributed by atoms with Crippen LogP contribution >= 0.6 is 15.9 Å². The van der Waals surface area contributed by atoms with Gasteiger partial charge in [0, 0.05) is 16.7 Å². The summed E-state index contributed by atoms with van der Waals surface area (Å²) in [6.07, 6.45) is -2.35. The van der Waals surface area contributed by atoms with Gasteiger partial charge in [0.15, 0.2) is 0 Å². The van der Waals surface area contributed by atoms with Gasteiger partial charge < -0.3 is 10.1 Å². The summed E-state index contributed by atoms with van der Waals surface area (Å²) in [7, 11) is 0. The predicted octanol–water partition coefficient (Wildman–Crippen LogP) is 4.45. The molecule has 0 spiro atoms. The van der Waals surface area contributed by atoms with Crippen molar-refractivity contribution in [3.8, 4) is 0 Å². The third-order valence-corrected chi connectivity index (χ3v) is 3.62. The Morgan fingerprint density at radius 3 is 2.68 bits per heavy atom. The highest BCUT2D eigenvalue weighted by Gasteiger charge is 2.34. The van der Waals surface area contributed by atoms with Crippen molar-refractivity contribution in [2.24, 2.45) is 0 Å². The number of hydrogen-bond donors (Lipinski definition) is 1. The van der Waals surface area contributed by atoms with Crippen molar-refractivity contribution in [1.29, 1.82) is 0 Å². The Balaban J connectivity index is 2.07. The van der Waals surface area contributed by atoms with Crippen LogP contribution in [0.15, 0.2) is 22.7 Å². The molecule has 1 aliphatic heterocycles. The van der Waals surface area contributed by atoms with E-state index in [4.69, 9.17) is 4.74 Å². The normalized spacial score (nSPS) is 23.6. The van der Waals surface area contributed by atoms with Gasteiger partial charge in [-0.1, -0.05) is 15.9 Å². The van der Waals surface area contributed by atoms with Crippen molar-refractivity contribution in [3.63, 3.8) is 0 Å².